The van der Waals surface area contributed by atoms with Gasteiger partial charge in [0.25, 0.3) is 5.69 Å². The zero-order valence-corrected chi connectivity index (χ0v) is 10.2. The molecule has 0 saturated heterocycles. The van der Waals surface area contributed by atoms with E-state index in [0.717, 1.165) is 6.39 Å². The smallest absolute Gasteiger partial charge is 0.360 e. The molecule has 0 N–H and O–H groups in total. The van der Waals surface area contributed by atoms with E-state index in [0.29, 0.717) is 11.1 Å². The molecule has 0 spiro atoms. The molecule has 0 atom stereocenters. The standard InChI is InChI=1S/C12H10N2O5/c1-7-5-8(14(16)17)3-4-9(7)11-10(12(15)18-2)13-6-19-11/h3-6H,1-2H3. The van der Waals surface area contributed by atoms with Crippen molar-refractivity contribution in [1.82, 2.24) is 4.98 Å². The van der Waals surface area contributed by atoms with E-state index in [1.807, 2.05) is 0 Å². The molecule has 0 aliphatic rings. The summed E-state index contributed by atoms with van der Waals surface area (Å²) in [7, 11) is 1.24. The average Bonchev–Trinajstić information content (AvgIpc) is 2.86. The van der Waals surface area contributed by atoms with Crippen molar-refractivity contribution in [3.05, 3.63) is 46.0 Å². The monoisotopic (exact) mass is 262 g/mol. The Morgan fingerprint density at radius 3 is 2.79 bits per heavy atom. The van der Waals surface area contributed by atoms with Gasteiger partial charge in [-0.15, -0.1) is 0 Å². The first-order valence-corrected chi connectivity index (χ1v) is 5.31. The SMILES string of the molecule is COC(=O)c1ncoc1-c1ccc([N+](=O)[O-])cc1C. The van der Waals surface area contributed by atoms with Gasteiger partial charge in [0.2, 0.25) is 0 Å². The summed E-state index contributed by atoms with van der Waals surface area (Å²) in [4.78, 5) is 25.5. The van der Waals surface area contributed by atoms with Crippen LogP contribution in [0.25, 0.3) is 11.3 Å². The van der Waals surface area contributed by atoms with Crippen molar-refractivity contribution in [2.75, 3.05) is 7.11 Å². The highest BCUT2D eigenvalue weighted by Gasteiger charge is 2.21. The van der Waals surface area contributed by atoms with Gasteiger partial charge in [0.15, 0.2) is 17.8 Å². The predicted molar refractivity (Wildman–Crippen MR) is 64.7 cm³/mol. The summed E-state index contributed by atoms with van der Waals surface area (Å²) < 4.78 is 9.76. The van der Waals surface area contributed by atoms with Crippen molar-refractivity contribution in [3.8, 4) is 11.3 Å². The van der Waals surface area contributed by atoms with Crippen LogP contribution in [0, 0.1) is 17.0 Å². The minimum atomic E-state index is -0.624. The molecular weight excluding hydrogens is 252 g/mol. The number of oxazole rings is 1. The van der Waals surface area contributed by atoms with Gasteiger partial charge in [-0.1, -0.05) is 0 Å². The fourth-order valence-corrected chi connectivity index (χ4v) is 1.70. The van der Waals surface area contributed by atoms with Crippen LogP contribution in [0.15, 0.2) is 29.0 Å². The second kappa shape index (κ2) is 4.89. The number of nitro benzene ring substituents is 1. The minimum absolute atomic E-state index is 0.0274. The third-order valence-electron chi connectivity index (χ3n) is 2.61. The van der Waals surface area contributed by atoms with E-state index in [1.165, 1.54) is 25.3 Å². The first kappa shape index (κ1) is 12.7. The fraction of sp³-hybridized carbons (Fsp3) is 0.167. The molecule has 2 rings (SSSR count). The average molecular weight is 262 g/mol. The number of hydrogen-bond donors (Lipinski definition) is 0. The largest absolute Gasteiger partial charge is 0.464 e. The molecular formula is C12H10N2O5. The normalized spacial score (nSPS) is 10.2. The summed E-state index contributed by atoms with van der Waals surface area (Å²) in [5.41, 5.74) is 1.18. The van der Waals surface area contributed by atoms with E-state index in [1.54, 1.807) is 6.92 Å². The number of methoxy groups -OCH3 is 1. The third-order valence-corrected chi connectivity index (χ3v) is 2.61. The lowest BCUT2D eigenvalue weighted by Gasteiger charge is -2.03. The summed E-state index contributed by atoms with van der Waals surface area (Å²) in [6.45, 7) is 1.69. The lowest BCUT2D eigenvalue weighted by Crippen LogP contribution is -2.03. The lowest BCUT2D eigenvalue weighted by molar-refractivity contribution is -0.384. The highest BCUT2D eigenvalue weighted by atomic mass is 16.6. The van der Waals surface area contributed by atoms with Crippen LogP contribution in [0.2, 0.25) is 0 Å². The molecule has 0 unspecified atom stereocenters. The number of ether oxygens (including phenoxy) is 1. The van der Waals surface area contributed by atoms with Gasteiger partial charge in [-0.3, -0.25) is 10.1 Å². The zero-order chi connectivity index (χ0) is 14.0. The molecule has 0 radical (unpaired) electrons. The Labute approximate surface area is 108 Å². The molecule has 1 aromatic carbocycles. The first-order chi connectivity index (χ1) is 9.04. The number of esters is 1. The maximum absolute atomic E-state index is 11.5. The van der Waals surface area contributed by atoms with Crippen LogP contribution in [0.3, 0.4) is 0 Å². The number of nitro groups is 1. The van der Waals surface area contributed by atoms with Crippen LogP contribution in [0.1, 0.15) is 16.1 Å². The van der Waals surface area contributed by atoms with Crippen LogP contribution >= 0.6 is 0 Å². The fourth-order valence-electron chi connectivity index (χ4n) is 1.70. The van der Waals surface area contributed by atoms with Crippen molar-refractivity contribution in [1.29, 1.82) is 0 Å². The highest BCUT2D eigenvalue weighted by Crippen LogP contribution is 2.29. The number of non-ortho nitro benzene ring substituents is 1. The topological polar surface area (TPSA) is 95.5 Å². The quantitative estimate of drug-likeness (QED) is 0.478. The van der Waals surface area contributed by atoms with Crippen LogP contribution in [-0.4, -0.2) is 23.0 Å². The van der Waals surface area contributed by atoms with Crippen molar-refractivity contribution >= 4 is 11.7 Å². The number of nitrogens with zero attached hydrogens (tertiary/aromatic N) is 2. The van der Waals surface area contributed by atoms with Gasteiger partial charge in [0.1, 0.15) is 0 Å². The van der Waals surface area contributed by atoms with E-state index >= 15 is 0 Å². The van der Waals surface area contributed by atoms with E-state index < -0.39 is 10.9 Å². The maximum atomic E-state index is 11.5. The molecule has 0 amide bonds. The van der Waals surface area contributed by atoms with Gasteiger partial charge in [-0.25, -0.2) is 9.78 Å². The second-order valence-electron chi connectivity index (χ2n) is 3.78. The molecule has 98 valence electrons. The Morgan fingerprint density at radius 1 is 1.47 bits per heavy atom. The molecule has 2 aromatic rings. The van der Waals surface area contributed by atoms with Crippen LogP contribution in [-0.2, 0) is 4.74 Å². The van der Waals surface area contributed by atoms with Gasteiger partial charge < -0.3 is 9.15 Å². The van der Waals surface area contributed by atoms with E-state index in [9.17, 15) is 14.9 Å². The number of carbonyl (C=O) groups excluding carboxylic acids is 1. The van der Waals surface area contributed by atoms with Crippen molar-refractivity contribution in [3.63, 3.8) is 0 Å². The van der Waals surface area contributed by atoms with Crippen LogP contribution < -0.4 is 0 Å². The van der Waals surface area contributed by atoms with Gasteiger partial charge in [-0.05, 0) is 18.6 Å². The lowest BCUT2D eigenvalue weighted by atomic mass is 10.0. The van der Waals surface area contributed by atoms with E-state index in [2.05, 4.69) is 9.72 Å². The zero-order valence-electron chi connectivity index (χ0n) is 10.2. The van der Waals surface area contributed by atoms with E-state index in [-0.39, 0.29) is 17.1 Å². The second-order valence-corrected chi connectivity index (χ2v) is 3.78. The van der Waals surface area contributed by atoms with Crippen LogP contribution in [0.4, 0.5) is 5.69 Å². The molecule has 0 aliphatic carbocycles. The summed E-state index contributed by atoms with van der Waals surface area (Å²) in [5.74, 6) is -0.388. The summed E-state index contributed by atoms with van der Waals surface area (Å²) in [6.07, 6.45) is 1.13. The van der Waals surface area contributed by atoms with E-state index in [4.69, 9.17) is 4.42 Å². The molecule has 0 bridgehead atoms. The Morgan fingerprint density at radius 2 is 2.21 bits per heavy atom. The van der Waals surface area contributed by atoms with Gasteiger partial charge in [0.05, 0.1) is 12.0 Å². The summed E-state index contributed by atoms with van der Waals surface area (Å²) >= 11 is 0. The number of aromatic nitrogens is 1. The molecule has 19 heavy (non-hydrogen) atoms. The van der Waals surface area contributed by atoms with Crippen molar-refractivity contribution in [2.24, 2.45) is 0 Å². The number of carbonyl (C=O) groups is 1. The van der Waals surface area contributed by atoms with Crippen molar-refractivity contribution < 1.29 is 18.9 Å². The minimum Gasteiger partial charge on any atom is -0.464 e. The Kier molecular flexibility index (Phi) is 3.28. The van der Waals surface area contributed by atoms with Crippen LogP contribution in [0.5, 0.6) is 0 Å². The Bertz CT molecular complexity index is 647. The molecule has 1 aromatic heterocycles. The molecule has 7 nitrogen and oxygen atoms in total. The van der Waals surface area contributed by atoms with Gasteiger partial charge >= 0.3 is 5.97 Å². The highest BCUT2D eigenvalue weighted by molar-refractivity contribution is 5.93. The molecule has 0 aliphatic heterocycles. The molecule has 1 heterocycles. The Hall–Kier alpha value is -2.70. The van der Waals surface area contributed by atoms with Crippen molar-refractivity contribution in [2.45, 2.75) is 6.92 Å². The number of hydrogen-bond acceptors (Lipinski definition) is 6. The van der Waals surface area contributed by atoms with Gasteiger partial charge in [-0.2, -0.15) is 0 Å². The molecule has 0 saturated carbocycles. The number of benzene rings is 1. The number of rotatable bonds is 3. The van der Waals surface area contributed by atoms with Gasteiger partial charge in [0, 0.05) is 17.7 Å². The molecule has 0 fully saturated rings. The number of aryl methyl sites for hydroxylation is 1. The first-order valence-electron chi connectivity index (χ1n) is 5.31. The summed E-state index contributed by atoms with van der Waals surface area (Å²) in [6, 6.07) is 4.26. The molecule has 7 heteroatoms. The predicted octanol–water partition coefficient (Wildman–Crippen LogP) is 2.34. The summed E-state index contributed by atoms with van der Waals surface area (Å²) in [5, 5.41) is 10.7. The maximum Gasteiger partial charge on any atom is 0.360 e. The third kappa shape index (κ3) is 2.30. The Balaban J connectivity index is 2.51.